The Kier molecular flexibility index (Phi) is 9.55. The van der Waals surface area contributed by atoms with Gasteiger partial charge in [0.05, 0.1) is 40.8 Å². The van der Waals surface area contributed by atoms with E-state index in [2.05, 4.69) is 48.5 Å². The smallest absolute Gasteiger partial charge is 0.254 e. The minimum atomic E-state index is -0.568. The molecule has 0 aliphatic carbocycles. The fourth-order valence-corrected chi connectivity index (χ4v) is 5.11. The number of para-hydroxylation sites is 1. The normalized spacial score (nSPS) is 12.8. The van der Waals surface area contributed by atoms with Gasteiger partial charge in [-0.2, -0.15) is 4.98 Å². The number of nitrogens with zero attached hydrogens (tertiary/aromatic N) is 3. The third kappa shape index (κ3) is 6.73. The van der Waals surface area contributed by atoms with Crippen molar-refractivity contribution in [1.82, 2.24) is 20.2 Å². The molecule has 3 aromatic carbocycles. The average molecular weight is 708 g/mol. The molecule has 44 heavy (non-hydrogen) atoms. The zero-order valence-electron chi connectivity index (χ0n) is 24.0. The van der Waals surface area contributed by atoms with Crippen molar-refractivity contribution in [1.29, 1.82) is 0 Å². The van der Waals surface area contributed by atoms with Crippen LogP contribution in [0.3, 0.4) is 0 Å². The lowest BCUT2D eigenvalue weighted by Gasteiger charge is -2.28. The van der Waals surface area contributed by atoms with Crippen LogP contribution in [0.4, 0.5) is 23.1 Å². The van der Waals surface area contributed by atoms with E-state index < -0.39 is 5.91 Å². The second-order valence-electron chi connectivity index (χ2n) is 9.71. The molecule has 1 aliphatic heterocycles. The van der Waals surface area contributed by atoms with Gasteiger partial charge in [-0.3, -0.25) is 14.4 Å². The van der Waals surface area contributed by atoms with Crippen molar-refractivity contribution < 1.29 is 23.9 Å². The highest BCUT2D eigenvalue weighted by molar-refractivity contribution is 14.1. The first-order valence-electron chi connectivity index (χ1n) is 13.7. The van der Waals surface area contributed by atoms with Gasteiger partial charge in [-0.25, -0.2) is 4.98 Å². The topological polar surface area (TPSA) is 161 Å². The minimum Gasteiger partial charge on any atom is -0.495 e. The first kappa shape index (κ1) is 30.7. The number of primary amides is 1. The molecular formula is C31H30IN7O5. The molecule has 1 aliphatic rings. The summed E-state index contributed by atoms with van der Waals surface area (Å²) in [6, 6.07) is 17.4. The van der Waals surface area contributed by atoms with Crippen LogP contribution >= 0.6 is 22.6 Å². The zero-order chi connectivity index (χ0) is 31.2. The fraction of sp³-hybridized carbons (Fsp3) is 0.194. The maximum Gasteiger partial charge on any atom is 0.254 e. The molecule has 12 nitrogen and oxygen atoms in total. The van der Waals surface area contributed by atoms with Crippen LogP contribution in [0, 0.1) is 3.57 Å². The zero-order valence-corrected chi connectivity index (χ0v) is 26.2. The molecule has 0 unspecified atom stereocenters. The SMILES string of the molecule is CNC(=O)c1ccc(-c2cc(OC)c(Nc3ncc(I)c(Nc4ccccc4C(N)=O)n3)cc2C(=O)N2CCOCC2)cc1. The number of nitrogens with one attached hydrogen (secondary N) is 3. The van der Waals surface area contributed by atoms with Crippen molar-refractivity contribution in [3.8, 4) is 16.9 Å². The summed E-state index contributed by atoms with van der Waals surface area (Å²) >= 11 is 2.09. The predicted molar refractivity (Wildman–Crippen MR) is 175 cm³/mol. The van der Waals surface area contributed by atoms with Gasteiger partial charge in [-0.1, -0.05) is 24.3 Å². The average Bonchev–Trinajstić information content (AvgIpc) is 3.06. The number of methoxy groups -OCH3 is 1. The lowest BCUT2D eigenvalue weighted by atomic mass is 9.96. The Morgan fingerprint density at radius 2 is 1.70 bits per heavy atom. The van der Waals surface area contributed by atoms with Crippen LogP contribution in [0.5, 0.6) is 5.75 Å². The molecule has 0 atom stereocenters. The van der Waals surface area contributed by atoms with Gasteiger partial charge in [0.2, 0.25) is 5.95 Å². The molecule has 4 aromatic rings. The number of halogens is 1. The Morgan fingerprint density at radius 3 is 2.39 bits per heavy atom. The van der Waals surface area contributed by atoms with E-state index in [1.54, 1.807) is 78.8 Å². The number of aromatic nitrogens is 2. The number of anilines is 4. The first-order chi connectivity index (χ1) is 21.3. The van der Waals surface area contributed by atoms with Gasteiger partial charge >= 0.3 is 0 Å². The molecule has 1 saturated heterocycles. The summed E-state index contributed by atoms with van der Waals surface area (Å²) in [5.74, 6) is 0.190. The number of rotatable bonds is 9. The second kappa shape index (κ2) is 13.7. The van der Waals surface area contributed by atoms with Gasteiger partial charge in [0.1, 0.15) is 11.6 Å². The van der Waals surface area contributed by atoms with E-state index in [4.69, 9.17) is 15.2 Å². The third-order valence-corrected chi connectivity index (χ3v) is 7.78. The lowest BCUT2D eigenvalue weighted by Crippen LogP contribution is -2.40. The van der Waals surface area contributed by atoms with E-state index in [0.29, 0.717) is 75.1 Å². The number of hydrogen-bond acceptors (Lipinski definition) is 9. The van der Waals surface area contributed by atoms with Gasteiger partial charge in [-0.15, -0.1) is 0 Å². The molecule has 0 spiro atoms. The third-order valence-electron chi connectivity index (χ3n) is 6.99. The van der Waals surface area contributed by atoms with Gasteiger partial charge in [0.25, 0.3) is 17.7 Å². The highest BCUT2D eigenvalue weighted by Gasteiger charge is 2.24. The molecule has 0 saturated carbocycles. The van der Waals surface area contributed by atoms with Crippen LogP contribution in [0.15, 0.2) is 66.9 Å². The Balaban J connectivity index is 1.53. The minimum absolute atomic E-state index is 0.168. The number of morpholine rings is 1. The summed E-state index contributed by atoms with van der Waals surface area (Å²) < 4.78 is 11.9. The van der Waals surface area contributed by atoms with Crippen molar-refractivity contribution in [3.05, 3.63) is 87.1 Å². The number of ether oxygens (including phenoxy) is 2. The summed E-state index contributed by atoms with van der Waals surface area (Å²) in [7, 11) is 3.10. The molecule has 1 aromatic heterocycles. The number of carbonyl (C=O) groups excluding carboxylic acids is 3. The van der Waals surface area contributed by atoms with E-state index in [9.17, 15) is 14.4 Å². The fourth-order valence-electron chi connectivity index (χ4n) is 4.71. The lowest BCUT2D eigenvalue weighted by molar-refractivity contribution is 0.0303. The van der Waals surface area contributed by atoms with Gasteiger partial charge in [0.15, 0.2) is 0 Å². The first-order valence-corrected chi connectivity index (χ1v) is 14.7. The van der Waals surface area contributed by atoms with Crippen molar-refractivity contribution in [3.63, 3.8) is 0 Å². The number of nitrogens with two attached hydrogens (primary N) is 1. The van der Waals surface area contributed by atoms with E-state index in [1.807, 2.05) is 0 Å². The van der Waals surface area contributed by atoms with E-state index in [0.717, 1.165) is 5.56 Å². The van der Waals surface area contributed by atoms with E-state index >= 15 is 0 Å². The number of amides is 3. The molecule has 0 bridgehead atoms. The van der Waals surface area contributed by atoms with Crippen LogP contribution in [-0.4, -0.2) is 73.1 Å². The maximum atomic E-state index is 13.9. The molecule has 3 amide bonds. The summed E-state index contributed by atoms with van der Waals surface area (Å²) in [6.07, 6.45) is 1.62. The highest BCUT2D eigenvalue weighted by atomic mass is 127. The second-order valence-corrected chi connectivity index (χ2v) is 10.9. The summed E-state index contributed by atoms with van der Waals surface area (Å²) in [5.41, 5.74) is 9.16. The summed E-state index contributed by atoms with van der Waals surface area (Å²) in [4.78, 5) is 48.7. The predicted octanol–water partition coefficient (Wildman–Crippen LogP) is 4.17. The van der Waals surface area contributed by atoms with Crippen LogP contribution in [-0.2, 0) is 4.74 Å². The molecular weight excluding hydrogens is 677 g/mol. The summed E-state index contributed by atoms with van der Waals surface area (Å²) in [5, 5.41) is 8.97. The number of hydrogen-bond donors (Lipinski definition) is 4. The Morgan fingerprint density at radius 1 is 0.977 bits per heavy atom. The Bertz CT molecular complexity index is 1710. The van der Waals surface area contributed by atoms with E-state index in [1.165, 1.54) is 7.11 Å². The molecule has 5 N–H and O–H groups in total. The maximum absolute atomic E-state index is 13.9. The molecule has 2 heterocycles. The van der Waals surface area contributed by atoms with Crippen molar-refractivity contribution in [2.45, 2.75) is 0 Å². The Labute approximate surface area is 267 Å². The van der Waals surface area contributed by atoms with Gasteiger partial charge < -0.3 is 36.1 Å². The summed E-state index contributed by atoms with van der Waals surface area (Å²) in [6.45, 7) is 1.83. The molecule has 0 radical (unpaired) electrons. The van der Waals surface area contributed by atoms with Gasteiger partial charge in [-0.05, 0) is 70.1 Å². The molecule has 5 rings (SSSR count). The molecule has 226 valence electrons. The van der Waals surface area contributed by atoms with Gasteiger partial charge in [0, 0.05) is 37.5 Å². The van der Waals surface area contributed by atoms with Crippen molar-refractivity contribution in [2.75, 3.05) is 51.1 Å². The highest BCUT2D eigenvalue weighted by Crippen LogP contribution is 2.37. The number of carbonyl (C=O) groups is 3. The van der Waals surface area contributed by atoms with Crippen LogP contribution in [0.1, 0.15) is 31.1 Å². The van der Waals surface area contributed by atoms with E-state index in [-0.39, 0.29) is 17.8 Å². The molecule has 1 fully saturated rings. The van der Waals surface area contributed by atoms with Crippen molar-refractivity contribution in [2.24, 2.45) is 5.73 Å². The largest absolute Gasteiger partial charge is 0.495 e. The van der Waals surface area contributed by atoms with Crippen LogP contribution in [0.25, 0.3) is 11.1 Å². The molecule has 13 heteroatoms. The van der Waals surface area contributed by atoms with Crippen molar-refractivity contribution >= 4 is 63.5 Å². The standard InChI is InChI=1S/C31H30IN7O5/c1-34-29(41)19-9-7-18(8-10-19)21-16-26(43-2)25(15-22(21)30(42)39-11-13-44-14-12-39)37-31-35-17-23(32)28(38-31)36-24-6-4-3-5-20(24)27(33)40/h3-10,15-17H,11-14H2,1-2H3,(H2,33,40)(H,34,41)(H2,35,36,37,38). The monoisotopic (exact) mass is 707 g/mol. The number of benzene rings is 3. The quantitative estimate of drug-likeness (QED) is 0.187. The van der Waals surface area contributed by atoms with Crippen LogP contribution < -0.4 is 26.4 Å². The Hall–Kier alpha value is -4.76. The van der Waals surface area contributed by atoms with Crippen LogP contribution in [0.2, 0.25) is 0 Å².